The molecule has 1 atom stereocenters. The van der Waals surface area contributed by atoms with Gasteiger partial charge in [-0.05, 0) is 11.4 Å². The number of fused-ring (bicyclic) bond motifs is 1. The summed E-state index contributed by atoms with van der Waals surface area (Å²) < 4.78 is 6.56. The molecule has 0 aromatic carbocycles. The summed E-state index contributed by atoms with van der Waals surface area (Å²) >= 11 is 1.60. The van der Waals surface area contributed by atoms with Crippen molar-refractivity contribution < 1.29 is 9.84 Å². The van der Waals surface area contributed by atoms with Crippen LogP contribution >= 0.6 is 11.3 Å². The van der Waals surface area contributed by atoms with Crippen LogP contribution < -0.4 is 10.6 Å². The van der Waals surface area contributed by atoms with E-state index >= 15 is 0 Å². The zero-order chi connectivity index (χ0) is 16.5. The first-order valence-electron chi connectivity index (χ1n) is 7.55. The lowest BCUT2D eigenvalue weighted by molar-refractivity contribution is 0.00345. The SMILES string of the molecule is Nc1ncc(-c2nc(N3CCOC(CO)C3)c3sccc3n2)cn1. The number of anilines is 2. The molecule has 3 aromatic rings. The molecule has 8 nitrogen and oxygen atoms in total. The average molecular weight is 344 g/mol. The molecule has 4 heterocycles. The fraction of sp³-hybridized carbons (Fsp3) is 0.333. The van der Waals surface area contributed by atoms with E-state index in [2.05, 4.69) is 19.9 Å². The minimum Gasteiger partial charge on any atom is -0.394 e. The van der Waals surface area contributed by atoms with E-state index in [1.165, 1.54) is 0 Å². The van der Waals surface area contributed by atoms with Gasteiger partial charge in [0.25, 0.3) is 0 Å². The molecular formula is C15H16N6O2S. The molecule has 1 saturated heterocycles. The molecule has 3 aromatic heterocycles. The number of morpholine rings is 1. The third kappa shape index (κ3) is 2.77. The van der Waals surface area contributed by atoms with Crippen LogP contribution in [0.2, 0.25) is 0 Å². The first kappa shape index (κ1) is 15.2. The quantitative estimate of drug-likeness (QED) is 0.722. The number of hydrogen-bond acceptors (Lipinski definition) is 9. The van der Waals surface area contributed by atoms with Gasteiger partial charge in [0.05, 0.1) is 35.1 Å². The van der Waals surface area contributed by atoms with Crippen molar-refractivity contribution >= 4 is 33.3 Å². The molecule has 124 valence electrons. The maximum atomic E-state index is 9.38. The Labute approximate surface area is 142 Å². The molecule has 1 aliphatic rings. The molecule has 3 N–H and O–H groups in total. The second-order valence-electron chi connectivity index (χ2n) is 5.46. The van der Waals surface area contributed by atoms with Gasteiger partial charge in [-0.3, -0.25) is 0 Å². The van der Waals surface area contributed by atoms with Gasteiger partial charge in [-0.15, -0.1) is 11.3 Å². The topological polar surface area (TPSA) is 110 Å². The second-order valence-corrected chi connectivity index (χ2v) is 6.37. The van der Waals surface area contributed by atoms with Crippen molar-refractivity contribution in [1.29, 1.82) is 0 Å². The predicted molar refractivity (Wildman–Crippen MR) is 91.9 cm³/mol. The first-order valence-corrected chi connectivity index (χ1v) is 8.43. The van der Waals surface area contributed by atoms with Crippen molar-refractivity contribution in [3.63, 3.8) is 0 Å². The van der Waals surface area contributed by atoms with Gasteiger partial charge in [-0.1, -0.05) is 0 Å². The third-order valence-corrected chi connectivity index (χ3v) is 4.76. The van der Waals surface area contributed by atoms with E-state index in [9.17, 15) is 5.11 Å². The van der Waals surface area contributed by atoms with Gasteiger partial charge in [0.1, 0.15) is 0 Å². The van der Waals surface area contributed by atoms with Crippen LogP contribution in [0.5, 0.6) is 0 Å². The van der Waals surface area contributed by atoms with Crippen molar-refractivity contribution in [1.82, 2.24) is 19.9 Å². The number of aliphatic hydroxyl groups is 1. The van der Waals surface area contributed by atoms with Crippen LogP contribution in [-0.4, -0.2) is 57.4 Å². The molecule has 1 unspecified atom stereocenters. The van der Waals surface area contributed by atoms with E-state index in [1.54, 1.807) is 23.7 Å². The van der Waals surface area contributed by atoms with Gasteiger partial charge in [0.15, 0.2) is 11.6 Å². The van der Waals surface area contributed by atoms with Gasteiger partial charge in [-0.25, -0.2) is 19.9 Å². The molecule has 0 saturated carbocycles. The fourth-order valence-corrected chi connectivity index (χ4v) is 3.51. The van der Waals surface area contributed by atoms with Gasteiger partial charge >= 0.3 is 0 Å². The Hall–Kier alpha value is -2.36. The molecule has 0 radical (unpaired) electrons. The van der Waals surface area contributed by atoms with Crippen molar-refractivity contribution in [3.05, 3.63) is 23.8 Å². The molecule has 4 rings (SSSR count). The third-order valence-electron chi connectivity index (χ3n) is 3.86. The maximum absolute atomic E-state index is 9.38. The molecule has 0 amide bonds. The largest absolute Gasteiger partial charge is 0.394 e. The van der Waals surface area contributed by atoms with E-state index in [4.69, 9.17) is 15.5 Å². The van der Waals surface area contributed by atoms with Crippen molar-refractivity contribution in [3.8, 4) is 11.4 Å². The zero-order valence-electron chi connectivity index (χ0n) is 12.8. The summed E-state index contributed by atoms with van der Waals surface area (Å²) in [6, 6.07) is 1.97. The van der Waals surface area contributed by atoms with Gasteiger partial charge in [0, 0.05) is 25.5 Å². The average Bonchev–Trinajstić information content (AvgIpc) is 3.10. The molecule has 1 aliphatic heterocycles. The summed E-state index contributed by atoms with van der Waals surface area (Å²) in [6.45, 7) is 1.87. The van der Waals surface area contributed by atoms with E-state index < -0.39 is 0 Å². The maximum Gasteiger partial charge on any atom is 0.219 e. The highest BCUT2D eigenvalue weighted by atomic mass is 32.1. The summed E-state index contributed by atoms with van der Waals surface area (Å²) in [5, 5.41) is 11.4. The van der Waals surface area contributed by atoms with Crippen LogP contribution in [0.15, 0.2) is 23.8 Å². The summed E-state index contributed by atoms with van der Waals surface area (Å²) in [5.41, 5.74) is 7.14. The molecule has 1 fully saturated rings. The Morgan fingerprint density at radius 3 is 2.96 bits per heavy atom. The van der Waals surface area contributed by atoms with Crippen LogP contribution in [0.4, 0.5) is 11.8 Å². The summed E-state index contributed by atoms with van der Waals surface area (Å²) in [7, 11) is 0. The normalized spacial score (nSPS) is 18.2. The van der Waals surface area contributed by atoms with Crippen molar-refractivity contribution in [2.45, 2.75) is 6.10 Å². The van der Waals surface area contributed by atoms with Crippen LogP contribution in [0.3, 0.4) is 0 Å². The lowest BCUT2D eigenvalue weighted by atomic mass is 10.2. The Kier molecular flexibility index (Phi) is 3.97. The second kappa shape index (κ2) is 6.27. The van der Waals surface area contributed by atoms with Gasteiger partial charge < -0.3 is 20.5 Å². The zero-order valence-corrected chi connectivity index (χ0v) is 13.6. The highest BCUT2D eigenvalue weighted by Gasteiger charge is 2.24. The summed E-state index contributed by atoms with van der Waals surface area (Å²) in [6.07, 6.45) is 3.04. The van der Waals surface area contributed by atoms with Gasteiger partial charge in [0.2, 0.25) is 5.95 Å². The molecule has 0 aliphatic carbocycles. The number of aliphatic hydroxyl groups excluding tert-OH is 1. The van der Waals surface area contributed by atoms with Gasteiger partial charge in [-0.2, -0.15) is 0 Å². The van der Waals surface area contributed by atoms with Crippen LogP contribution in [0, 0.1) is 0 Å². The number of nitrogen functional groups attached to an aromatic ring is 1. The number of nitrogens with zero attached hydrogens (tertiary/aromatic N) is 5. The first-order chi connectivity index (χ1) is 11.7. The predicted octanol–water partition coefficient (Wildman–Crippen LogP) is 0.928. The van der Waals surface area contributed by atoms with Crippen LogP contribution in [0.25, 0.3) is 21.6 Å². The Balaban J connectivity index is 1.79. The minimum atomic E-state index is -0.202. The number of nitrogens with two attached hydrogens (primary N) is 1. The Morgan fingerprint density at radius 2 is 2.17 bits per heavy atom. The summed E-state index contributed by atoms with van der Waals surface area (Å²) in [5.74, 6) is 1.63. The standard InChI is InChI=1S/C15H16N6O2S/c16-15-17-5-9(6-18-15)13-19-11-1-4-24-12(11)14(20-13)21-2-3-23-10(7-21)8-22/h1,4-6,10,22H,2-3,7-8H2,(H2,16,17,18). The molecule has 0 spiro atoms. The van der Waals surface area contributed by atoms with E-state index in [1.807, 2.05) is 11.4 Å². The number of hydrogen-bond donors (Lipinski definition) is 2. The number of rotatable bonds is 3. The fourth-order valence-electron chi connectivity index (χ4n) is 2.67. The van der Waals surface area contributed by atoms with Crippen molar-refractivity contribution in [2.24, 2.45) is 0 Å². The monoisotopic (exact) mass is 344 g/mol. The van der Waals surface area contributed by atoms with Crippen molar-refractivity contribution in [2.75, 3.05) is 36.9 Å². The minimum absolute atomic E-state index is 0.00612. The highest BCUT2D eigenvalue weighted by Crippen LogP contribution is 2.32. The van der Waals surface area contributed by atoms with E-state index in [-0.39, 0.29) is 18.7 Å². The lowest BCUT2D eigenvalue weighted by Gasteiger charge is -2.33. The Bertz CT molecular complexity index is 853. The lowest BCUT2D eigenvalue weighted by Crippen LogP contribution is -2.44. The summed E-state index contributed by atoms with van der Waals surface area (Å²) in [4.78, 5) is 19.5. The number of thiophene rings is 1. The highest BCUT2D eigenvalue weighted by molar-refractivity contribution is 7.17. The van der Waals surface area contributed by atoms with Crippen LogP contribution in [0.1, 0.15) is 0 Å². The molecular weight excluding hydrogens is 328 g/mol. The number of aromatic nitrogens is 4. The number of ether oxygens (including phenoxy) is 1. The smallest absolute Gasteiger partial charge is 0.219 e. The molecule has 9 heteroatoms. The Morgan fingerprint density at radius 1 is 1.33 bits per heavy atom. The van der Waals surface area contributed by atoms with E-state index in [0.717, 1.165) is 22.6 Å². The molecule has 0 bridgehead atoms. The molecule has 24 heavy (non-hydrogen) atoms. The van der Waals surface area contributed by atoms with E-state index in [0.29, 0.717) is 24.5 Å². The van der Waals surface area contributed by atoms with Crippen LogP contribution in [-0.2, 0) is 4.74 Å².